The van der Waals surface area contributed by atoms with Crippen LogP contribution >= 0.6 is 12.2 Å². The number of unbranched alkanes of at least 4 members (excludes halogenated alkanes) is 1. The van der Waals surface area contributed by atoms with Gasteiger partial charge in [-0.25, -0.2) is 4.39 Å². The van der Waals surface area contributed by atoms with Gasteiger partial charge in [-0.05, 0) is 19.0 Å². The van der Waals surface area contributed by atoms with E-state index in [0.717, 1.165) is 19.4 Å². The van der Waals surface area contributed by atoms with Crippen LogP contribution in [0.1, 0.15) is 30.9 Å². The molecule has 0 amide bonds. The molecule has 0 radical (unpaired) electrons. The number of rotatable bonds is 8. The van der Waals surface area contributed by atoms with Crippen molar-refractivity contribution in [3.05, 3.63) is 35.1 Å². The number of hydrogen-bond donors (Lipinski definition) is 2. The van der Waals surface area contributed by atoms with Gasteiger partial charge in [0.25, 0.3) is 0 Å². The molecule has 0 saturated carbocycles. The normalized spacial score (nSPS) is 10.9. The van der Waals surface area contributed by atoms with Crippen molar-refractivity contribution in [1.82, 2.24) is 4.90 Å². The van der Waals surface area contributed by atoms with Gasteiger partial charge >= 0.3 is 0 Å². The van der Waals surface area contributed by atoms with Gasteiger partial charge in [0, 0.05) is 24.2 Å². The molecule has 0 aliphatic rings. The molecular weight excluding hydrogens is 263 g/mol. The molecule has 0 aliphatic heterocycles. The summed E-state index contributed by atoms with van der Waals surface area (Å²) in [5.74, 6) is -0.301. The topological polar surface area (TPSA) is 49.5 Å². The fourth-order valence-corrected chi connectivity index (χ4v) is 1.99. The van der Waals surface area contributed by atoms with Crippen molar-refractivity contribution in [1.29, 1.82) is 0 Å². The van der Waals surface area contributed by atoms with Crippen molar-refractivity contribution < 1.29 is 9.50 Å². The molecule has 0 unspecified atom stereocenters. The summed E-state index contributed by atoms with van der Waals surface area (Å²) >= 11 is 4.82. The van der Waals surface area contributed by atoms with E-state index in [0.29, 0.717) is 24.2 Å². The van der Waals surface area contributed by atoms with Gasteiger partial charge in [-0.1, -0.05) is 37.7 Å². The Bertz CT molecular complexity index is 426. The molecule has 0 heterocycles. The van der Waals surface area contributed by atoms with Gasteiger partial charge in [0.1, 0.15) is 10.8 Å². The highest BCUT2D eigenvalue weighted by molar-refractivity contribution is 7.80. The van der Waals surface area contributed by atoms with Gasteiger partial charge in [0.15, 0.2) is 0 Å². The summed E-state index contributed by atoms with van der Waals surface area (Å²) in [6.07, 6.45) is 2.11. The van der Waals surface area contributed by atoms with E-state index in [9.17, 15) is 4.39 Å². The Balaban J connectivity index is 2.75. The first-order chi connectivity index (χ1) is 9.08. The zero-order chi connectivity index (χ0) is 14.3. The standard InChI is InChI=1S/C14H21FN2OS/c1-2-3-6-17(7-8-18)10-12-5-4-11(14(16)19)9-13(12)15/h4-5,9,18H,2-3,6-8,10H2,1H3,(H2,16,19). The fourth-order valence-electron chi connectivity index (χ4n) is 1.86. The lowest BCUT2D eigenvalue weighted by atomic mass is 10.1. The zero-order valence-electron chi connectivity index (χ0n) is 11.2. The molecule has 3 N–H and O–H groups in total. The average Bonchev–Trinajstić information content (AvgIpc) is 2.38. The highest BCUT2D eigenvalue weighted by Gasteiger charge is 2.10. The van der Waals surface area contributed by atoms with Crippen LogP contribution in [-0.2, 0) is 6.54 Å². The molecule has 0 aliphatic carbocycles. The lowest BCUT2D eigenvalue weighted by molar-refractivity contribution is 0.187. The molecule has 19 heavy (non-hydrogen) atoms. The van der Waals surface area contributed by atoms with Crippen molar-refractivity contribution in [3.8, 4) is 0 Å². The second kappa shape index (κ2) is 8.19. The highest BCUT2D eigenvalue weighted by Crippen LogP contribution is 2.13. The van der Waals surface area contributed by atoms with Crippen molar-refractivity contribution >= 4 is 17.2 Å². The monoisotopic (exact) mass is 284 g/mol. The van der Waals surface area contributed by atoms with Crippen LogP contribution < -0.4 is 5.73 Å². The summed E-state index contributed by atoms with van der Waals surface area (Å²) in [7, 11) is 0. The number of nitrogens with zero attached hydrogens (tertiary/aromatic N) is 1. The van der Waals surface area contributed by atoms with Crippen LogP contribution in [0, 0.1) is 5.82 Å². The van der Waals surface area contributed by atoms with E-state index in [1.807, 2.05) is 4.90 Å². The van der Waals surface area contributed by atoms with Crippen LogP contribution in [0.15, 0.2) is 18.2 Å². The Hall–Kier alpha value is -1.04. The summed E-state index contributed by atoms with van der Waals surface area (Å²) in [5, 5.41) is 9.03. The highest BCUT2D eigenvalue weighted by atomic mass is 32.1. The minimum Gasteiger partial charge on any atom is -0.395 e. The number of aliphatic hydroxyl groups is 1. The van der Waals surface area contributed by atoms with E-state index < -0.39 is 0 Å². The van der Waals surface area contributed by atoms with E-state index >= 15 is 0 Å². The van der Waals surface area contributed by atoms with Crippen LogP contribution in [0.25, 0.3) is 0 Å². The van der Waals surface area contributed by atoms with Gasteiger partial charge in [0.2, 0.25) is 0 Å². The maximum Gasteiger partial charge on any atom is 0.128 e. The van der Waals surface area contributed by atoms with Gasteiger partial charge in [-0.15, -0.1) is 0 Å². The number of nitrogens with two attached hydrogens (primary N) is 1. The summed E-state index contributed by atoms with van der Waals surface area (Å²) < 4.78 is 13.9. The fraction of sp³-hybridized carbons (Fsp3) is 0.500. The first-order valence-electron chi connectivity index (χ1n) is 6.50. The Morgan fingerprint density at radius 2 is 2.16 bits per heavy atom. The van der Waals surface area contributed by atoms with E-state index in [-0.39, 0.29) is 17.4 Å². The lowest BCUT2D eigenvalue weighted by Crippen LogP contribution is -2.28. The number of halogens is 1. The number of aliphatic hydroxyl groups excluding tert-OH is 1. The summed E-state index contributed by atoms with van der Waals surface area (Å²) in [4.78, 5) is 2.24. The molecule has 0 aromatic heterocycles. The molecule has 0 spiro atoms. The third kappa shape index (κ3) is 5.22. The molecule has 0 fully saturated rings. The number of thiocarbonyl (C=S) groups is 1. The van der Waals surface area contributed by atoms with Crippen LogP contribution in [-0.4, -0.2) is 34.7 Å². The van der Waals surface area contributed by atoms with Crippen LogP contribution in [0.5, 0.6) is 0 Å². The molecule has 1 rings (SSSR count). The summed E-state index contributed by atoms with van der Waals surface area (Å²) in [5.41, 5.74) is 6.61. The SMILES string of the molecule is CCCCN(CCO)Cc1ccc(C(N)=S)cc1F. The van der Waals surface area contributed by atoms with Crippen molar-refractivity contribution in [3.63, 3.8) is 0 Å². The first-order valence-corrected chi connectivity index (χ1v) is 6.90. The predicted octanol–water partition coefficient (Wildman–Crippen LogP) is 2.05. The third-order valence-corrected chi connectivity index (χ3v) is 3.21. The Labute approximate surface area is 119 Å². The molecule has 1 aromatic rings. The quantitative estimate of drug-likeness (QED) is 0.717. The first kappa shape index (κ1) is 16.0. The maximum absolute atomic E-state index is 13.9. The maximum atomic E-state index is 13.9. The Kier molecular flexibility index (Phi) is 6.91. The van der Waals surface area contributed by atoms with Gasteiger partial charge in [-0.3, -0.25) is 4.90 Å². The van der Waals surface area contributed by atoms with Gasteiger partial charge in [0.05, 0.1) is 6.61 Å². The molecule has 3 nitrogen and oxygen atoms in total. The minimum absolute atomic E-state index is 0.0797. The van der Waals surface area contributed by atoms with Crippen molar-refractivity contribution in [2.75, 3.05) is 19.7 Å². The molecule has 0 atom stereocenters. The van der Waals surface area contributed by atoms with Crippen molar-refractivity contribution in [2.24, 2.45) is 5.73 Å². The molecule has 0 saturated heterocycles. The second-order valence-electron chi connectivity index (χ2n) is 4.52. The average molecular weight is 284 g/mol. The Morgan fingerprint density at radius 3 is 2.68 bits per heavy atom. The molecule has 106 valence electrons. The molecular formula is C14H21FN2OS. The zero-order valence-corrected chi connectivity index (χ0v) is 12.0. The van der Waals surface area contributed by atoms with Crippen LogP contribution in [0.3, 0.4) is 0 Å². The Morgan fingerprint density at radius 1 is 1.42 bits per heavy atom. The molecule has 1 aromatic carbocycles. The summed E-state index contributed by atoms with van der Waals surface area (Å²) in [6, 6.07) is 4.81. The van der Waals surface area contributed by atoms with E-state index in [4.69, 9.17) is 23.1 Å². The van der Waals surface area contributed by atoms with Gasteiger partial charge < -0.3 is 10.8 Å². The second-order valence-corrected chi connectivity index (χ2v) is 4.96. The largest absolute Gasteiger partial charge is 0.395 e. The minimum atomic E-state index is -0.301. The third-order valence-electron chi connectivity index (χ3n) is 2.98. The number of benzene rings is 1. The lowest BCUT2D eigenvalue weighted by Gasteiger charge is -2.21. The predicted molar refractivity (Wildman–Crippen MR) is 79.6 cm³/mol. The van der Waals surface area contributed by atoms with E-state index in [1.54, 1.807) is 12.1 Å². The molecule has 5 heteroatoms. The van der Waals surface area contributed by atoms with Crippen molar-refractivity contribution in [2.45, 2.75) is 26.3 Å². The smallest absolute Gasteiger partial charge is 0.128 e. The van der Waals surface area contributed by atoms with Crippen LogP contribution in [0.2, 0.25) is 0 Å². The number of hydrogen-bond acceptors (Lipinski definition) is 3. The molecule has 0 bridgehead atoms. The summed E-state index contributed by atoms with van der Waals surface area (Å²) in [6.45, 7) is 4.08. The van der Waals surface area contributed by atoms with E-state index in [2.05, 4.69) is 6.92 Å². The van der Waals surface area contributed by atoms with Gasteiger partial charge in [-0.2, -0.15) is 0 Å². The van der Waals surface area contributed by atoms with E-state index in [1.165, 1.54) is 6.07 Å². The van der Waals surface area contributed by atoms with Crippen LogP contribution in [0.4, 0.5) is 4.39 Å².